The smallest absolute Gasteiger partial charge is 0.225 e. The van der Waals surface area contributed by atoms with Gasteiger partial charge in [0.05, 0.1) is 0 Å². The van der Waals surface area contributed by atoms with E-state index in [1.54, 1.807) is 0 Å². The van der Waals surface area contributed by atoms with Crippen LogP contribution in [0.3, 0.4) is 0 Å². The van der Waals surface area contributed by atoms with Crippen molar-refractivity contribution in [3.05, 3.63) is 71.8 Å². The van der Waals surface area contributed by atoms with Gasteiger partial charge in [-0.25, -0.2) is 0 Å². The highest BCUT2D eigenvalue weighted by Gasteiger charge is 2.16. The zero-order chi connectivity index (χ0) is 19.6. The molecular formula is C24H31N3O. The number of carbonyl (C=O) groups is 1. The second-order valence-electron chi connectivity index (χ2n) is 7.30. The van der Waals surface area contributed by atoms with Crippen molar-refractivity contribution < 1.29 is 4.79 Å². The van der Waals surface area contributed by atoms with Gasteiger partial charge < -0.3 is 10.2 Å². The number of aryl methyl sites for hydroxylation is 1. The second kappa shape index (κ2) is 10.8. The predicted octanol–water partition coefficient (Wildman–Crippen LogP) is 3.91. The third-order valence-electron chi connectivity index (χ3n) is 5.24. The first-order chi connectivity index (χ1) is 13.7. The van der Waals surface area contributed by atoms with Crippen LogP contribution in [0.1, 0.15) is 24.5 Å². The summed E-state index contributed by atoms with van der Waals surface area (Å²) in [4.78, 5) is 17.0. The fraction of sp³-hybridized carbons (Fsp3) is 0.375. The number of anilines is 1. The maximum absolute atomic E-state index is 12.2. The molecule has 148 valence electrons. The van der Waals surface area contributed by atoms with E-state index >= 15 is 0 Å². The zero-order valence-corrected chi connectivity index (χ0v) is 16.8. The standard InChI is InChI=1S/C24H31N3O/c1-2-21-10-12-23(13-11-21)25-24(28)14-16-27-19-17-26(18-20-27)15-6-9-22-7-4-3-5-8-22/h3-13H,2,14-20H2,1H3,(H,25,28)/b9-6+. The van der Waals surface area contributed by atoms with Gasteiger partial charge in [-0.1, -0.05) is 61.5 Å². The van der Waals surface area contributed by atoms with Crippen molar-refractivity contribution >= 4 is 17.7 Å². The molecule has 4 heteroatoms. The first kappa shape index (κ1) is 20.3. The summed E-state index contributed by atoms with van der Waals surface area (Å²) in [6.45, 7) is 8.10. The molecular weight excluding hydrogens is 346 g/mol. The molecule has 1 fully saturated rings. The molecule has 0 bridgehead atoms. The van der Waals surface area contributed by atoms with Crippen molar-refractivity contribution in [2.45, 2.75) is 19.8 Å². The summed E-state index contributed by atoms with van der Waals surface area (Å²) in [7, 11) is 0. The van der Waals surface area contributed by atoms with E-state index in [4.69, 9.17) is 0 Å². The van der Waals surface area contributed by atoms with E-state index < -0.39 is 0 Å². The van der Waals surface area contributed by atoms with Crippen LogP contribution in [-0.2, 0) is 11.2 Å². The molecule has 0 aromatic heterocycles. The number of nitrogens with zero attached hydrogens (tertiary/aromatic N) is 2. The molecule has 2 aromatic rings. The molecule has 0 atom stereocenters. The highest BCUT2D eigenvalue weighted by atomic mass is 16.1. The summed E-state index contributed by atoms with van der Waals surface area (Å²) in [5.41, 5.74) is 3.42. The fourth-order valence-electron chi connectivity index (χ4n) is 3.40. The molecule has 0 spiro atoms. The summed E-state index contributed by atoms with van der Waals surface area (Å²) in [6, 6.07) is 18.5. The van der Waals surface area contributed by atoms with Crippen LogP contribution >= 0.6 is 0 Å². The molecule has 28 heavy (non-hydrogen) atoms. The Morgan fingerprint density at radius 3 is 2.32 bits per heavy atom. The van der Waals surface area contributed by atoms with Gasteiger partial charge in [0.25, 0.3) is 0 Å². The normalized spacial score (nSPS) is 15.8. The molecule has 1 saturated heterocycles. The Morgan fingerprint density at radius 2 is 1.64 bits per heavy atom. The summed E-state index contributed by atoms with van der Waals surface area (Å²) >= 11 is 0. The molecule has 0 radical (unpaired) electrons. The molecule has 1 aliphatic heterocycles. The van der Waals surface area contributed by atoms with Crippen LogP contribution in [0.4, 0.5) is 5.69 Å². The topological polar surface area (TPSA) is 35.6 Å². The van der Waals surface area contributed by atoms with Crippen LogP contribution in [0.2, 0.25) is 0 Å². The quantitative estimate of drug-likeness (QED) is 0.758. The van der Waals surface area contributed by atoms with Gasteiger partial charge in [-0.3, -0.25) is 9.69 Å². The maximum Gasteiger partial charge on any atom is 0.225 e. The van der Waals surface area contributed by atoms with Crippen molar-refractivity contribution in [2.75, 3.05) is 44.6 Å². The third kappa shape index (κ3) is 6.63. The van der Waals surface area contributed by atoms with Crippen LogP contribution in [0, 0.1) is 0 Å². The minimum absolute atomic E-state index is 0.0949. The van der Waals surface area contributed by atoms with E-state index in [9.17, 15) is 4.79 Å². The van der Waals surface area contributed by atoms with Crippen molar-refractivity contribution in [2.24, 2.45) is 0 Å². The van der Waals surface area contributed by atoms with Gasteiger partial charge in [0.2, 0.25) is 5.91 Å². The van der Waals surface area contributed by atoms with Crippen molar-refractivity contribution in [1.29, 1.82) is 0 Å². The van der Waals surface area contributed by atoms with Crippen LogP contribution < -0.4 is 5.32 Å². The van der Waals surface area contributed by atoms with E-state index in [2.05, 4.69) is 70.6 Å². The SMILES string of the molecule is CCc1ccc(NC(=O)CCN2CCN(C/C=C/c3ccccc3)CC2)cc1. The lowest BCUT2D eigenvalue weighted by molar-refractivity contribution is -0.116. The Hall–Kier alpha value is -2.43. The summed E-state index contributed by atoms with van der Waals surface area (Å²) in [6.07, 6.45) is 5.98. The molecule has 0 aliphatic carbocycles. The molecule has 4 nitrogen and oxygen atoms in total. The van der Waals surface area contributed by atoms with E-state index in [1.807, 2.05) is 18.2 Å². The molecule has 3 rings (SSSR count). The second-order valence-corrected chi connectivity index (χ2v) is 7.30. The van der Waals surface area contributed by atoms with Crippen LogP contribution in [0.5, 0.6) is 0 Å². The molecule has 0 saturated carbocycles. The molecule has 0 unspecified atom stereocenters. The van der Waals surface area contributed by atoms with Crippen LogP contribution in [0.25, 0.3) is 6.08 Å². The molecule has 2 aromatic carbocycles. The molecule has 1 heterocycles. The zero-order valence-electron chi connectivity index (χ0n) is 16.8. The number of rotatable bonds is 8. The van der Waals surface area contributed by atoms with E-state index in [1.165, 1.54) is 11.1 Å². The number of amides is 1. The van der Waals surface area contributed by atoms with Gasteiger partial charge in [-0.05, 0) is 29.7 Å². The number of hydrogen-bond acceptors (Lipinski definition) is 3. The Kier molecular flexibility index (Phi) is 7.82. The van der Waals surface area contributed by atoms with Crippen molar-refractivity contribution in [1.82, 2.24) is 9.80 Å². The van der Waals surface area contributed by atoms with Crippen LogP contribution in [-0.4, -0.2) is 55.0 Å². The van der Waals surface area contributed by atoms with Gasteiger partial charge in [0.1, 0.15) is 0 Å². The number of carbonyl (C=O) groups excluding carboxylic acids is 1. The Morgan fingerprint density at radius 1 is 0.964 bits per heavy atom. The largest absolute Gasteiger partial charge is 0.326 e. The average molecular weight is 378 g/mol. The Balaban J connectivity index is 1.32. The Labute approximate surface area is 168 Å². The highest BCUT2D eigenvalue weighted by Crippen LogP contribution is 2.11. The van der Waals surface area contributed by atoms with E-state index in [0.29, 0.717) is 6.42 Å². The average Bonchev–Trinajstić information content (AvgIpc) is 2.74. The number of piperazine rings is 1. The lowest BCUT2D eigenvalue weighted by Crippen LogP contribution is -2.46. The predicted molar refractivity (Wildman–Crippen MR) is 117 cm³/mol. The summed E-state index contributed by atoms with van der Waals surface area (Å²) in [5, 5.41) is 3.00. The minimum Gasteiger partial charge on any atom is -0.326 e. The van der Waals surface area contributed by atoms with Gasteiger partial charge in [-0.15, -0.1) is 0 Å². The highest BCUT2D eigenvalue weighted by molar-refractivity contribution is 5.90. The van der Waals surface area contributed by atoms with Crippen molar-refractivity contribution in [3.8, 4) is 0 Å². The number of hydrogen-bond donors (Lipinski definition) is 1. The first-order valence-corrected chi connectivity index (χ1v) is 10.3. The van der Waals surface area contributed by atoms with Crippen molar-refractivity contribution in [3.63, 3.8) is 0 Å². The lowest BCUT2D eigenvalue weighted by Gasteiger charge is -2.34. The first-order valence-electron chi connectivity index (χ1n) is 10.3. The summed E-state index contributed by atoms with van der Waals surface area (Å²) < 4.78 is 0. The van der Waals surface area contributed by atoms with E-state index in [0.717, 1.165) is 51.4 Å². The third-order valence-corrected chi connectivity index (χ3v) is 5.24. The molecule has 1 N–H and O–H groups in total. The molecule has 1 amide bonds. The lowest BCUT2D eigenvalue weighted by atomic mass is 10.1. The van der Waals surface area contributed by atoms with Gasteiger partial charge in [-0.2, -0.15) is 0 Å². The monoisotopic (exact) mass is 377 g/mol. The van der Waals surface area contributed by atoms with Crippen LogP contribution in [0.15, 0.2) is 60.7 Å². The Bertz CT molecular complexity index is 747. The minimum atomic E-state index is 0.0949. The van der Waals surface area contributed by atoms with Gasteiger partial charge in [0.15, 0.2) is 0 Å². The molecule has 1 aliphatic rings. The van der Waals surface area contributed by atoms with Gasteiger partial charge >= 0.3 is 0 Å². The number of benzene rings is 2. The van der Waals surface area contributed by atoms with E-state index in [-0.39, 0.29) is 5.91 Å². The van der Waals surface area contributed by atoms with Gasteiger partial charge in [0, 0.05) is 51.4 Å². The number of nitrogens with one attached hydrogen (secondary N) is 1. The maximum atomic E-state index is 12.2. The fourth-order valence-corrected chi connectivity index (χ4v) is 3.40. The summed E-state index contributed by atoms with van der Waals surface area (Å²) in [5.74, 6) is 0.0949.